The third-order valence-electron chi connectivity index (χ3n) is 9.88. The summed E-state index contributed by atoms with van der Waals surface area (Å²) in [7, 11) is -12.8. The smallest absolute Gasteiger partial charge is 0.360 e. The van der Waals surface area contributed by atoms with Gasteiger partial charge in [0, 0.05) is 36.3 Å². The van der Waals surface area contributed by atoms with Gasteiger partial charge in [0.25, 0.3) is 0 Å². The molecule has 2 saturated heterocycles. The van der Waals surface area contributed by atoms with Gasteiger partial charge >= 0.3 is 32.2 Å². The van der Waals surface area contributed by atoms with Crippen LogP contribution >= 0.6 is 15.9 Å². The van der Waals surface area contributed by atoms with E-state index in [4.69, 9.17) is 17.8 Å². The third kappa shape index (κ3) is 12.0. The van der Waals surface area contributed by atoms with Crippen molar-refractivity contribution in [3.63, 3.8) is 0 Å². The molecule has 0 atom stereocenters. The molecule has 6 heterocycles. The van der Waals surface area contributed by atoms with Gasteiger partial charge in [-0.25, -0.2) is 41.1 Å². The summed E-state index contributed by atoms with van der Waals surface area (Å²) in [5.74, 6) is -2.33. The van der Waals surface area contributed by atoms with Gasteiger partial charge in [-0.2, -0.15) is 16.8 Å². The highest BCUT2D eigenvalue weighted by Crippen LogP contribution is 2.38. The van der Waals surface area contributed by atoms with Crippen LogP contribution in [0, 0.1) is 13.8 Å². The van der Waals surface area contributed by atoms with Crippen molar-refractivity contribution in [2.75, 3.05) is 43.1 Å². The maximum Gasteiger partial charge on any atom is 0.360 e. The van der Waals surface area contributed by atoms with Gasteiger partial charge in [-0.15, -0.1) is 0 Å². The SMILES string of the molecule is COC(=O)c1nc(Br)c2cccnc2c1OS(=O)(=O)c1ccc(C)cc1.COC(=O)c1nc(N2CCCCS2(=O)=O)c2cccnc2c1OS(=O)(=O)c1ccc(C)cc1.O=S1(=O)CCCCN1. The number of halogens is 1. The van der Waals surface area contributed by atoms with E-state index in [1.807, 2.05) is 6.92 Å². The van der Waals surface area contributed by atoms with E-state index in [2.05, 4.69) is 40.6 Å². The molecule has 25 heteroatoms. The van der Waals surface area contributed by atoms with Crippen molar-refractivity contribution in [2.45, 2.75) is 49.3 Å². The number of hydrogen-bond donors (Lipinski definition) is 1. The first kappa shape index (κ1) is 50.6. The fourth-order valence-corrected chi connectivity index (χ4v) is 11.6. The van der Waals surface area contributed by atoms with Crippen LogP contribution in [-0.2, 0) is 49.8 Å². The fourth-order valence-electron chi connectivity index (χ4n) is 6.46. The molecule has 0 spiro atoms. The molecule has 2 aliphatic rings. The van der Waals surface area contributed by atoms with Crippen molar-refractivity contribution in [1.82, 2.24) is 24.7 Å². The summed E-state index contributed by atoms with van der Waals surface area (Å²) in [5.41, 5.74) is 1.11. The van der Waals surface area contributed by atoms with Crippen LogP contribution in [0.15, 0.2) is 99.6 Å². The Labute approximate surface area is 395 Å². The number of methoxy groups -OCH3 is 2. The van der Waals surface area contributed by atoms with Crippen molar-refractivity contribution < 1.29 is 61.1 Å². The normalized spacial score (nSPS) is 15.5. The van der Waals surface area contributed by atoms with Crippen LogP contribution in [0.3, 0.4) is 0 Å². The molecule has 6 aromatic rings. The second kappa shape index (κ2) is 21.0. The number of benzene rings is 2. The predicted octanol–water partition coefficient (Wildman–Crippen LogP) is 5.38. The van der Waals surface area contributed by atoms with Crippen LogP contribution in [0.4, 0.5) is 5.82 Å². The minimum atomic E-state index is -4.37. The molecule has 8 rings (SSSR count). The number of esters is 2. The molecule has 2 aliphatic heterocycles. The molecule has 4 aromatic heterocycles. The third-order valence-corrected chi connectivity index (χ3v) is 16.3. The van der Waals surface area contributed by atoms with Gasteiger partial charge < -0.3 is 17.8 Å². The van der Waals surface area contributed by atoms with Crippen LogP contribution in [-0.4, -0.2) is 104 Å². The van der Waals surface area contributed by atoms with Gasteiger partial charge in [-0.1, -0.05) is 35.4 Å². The Morgan fingerprint density at radius 1 is 0.657 bits per heavy atom. The first-order chi connectivity index (χ1) is 31.7. The molecule has 67 heavy (non-hydrogen) atoms. The monoisotopic (exact) mass is 1060 g/mol. The lowest BCUT2D eigenvalue weighted by atomic mass is 10.2. The molecule has 20 nitrogen and oxygen atoms in total. The number of fused-ring (bicyclic) bond motifs is 2. The highest BCUT2D eigenvalue weighted by molar-refractivity contribution is 9.10. The predicted molar refractivity (Wildman–Crippen MR) is 249 cm³/mol. The number of ether oxygens (including phenoxy) is 2. The summed E-state index contributed by atoms with van der Waals surface area (Å²) in [4.78, 5) is 41.1. The van der Waals surface area contributed by atoms with Crippen molar-refractivity contribution in [3.05, 3.63) is 112 Å². The van der Waals surface area contributed by atoms with Crippen LogP contribution in [0.1, 0.15) is 57.8 Å². The quantitative estimate of drug-likeness (QED) is 0.108. The number of anilines is 1. The van der Waals surface area contributed by atoms with Crippen LogP contribution in [0.25, 0.3) is 21.8 Å². The lowest BCUT2D eigenvalue weighted by Crippen LogP contribution is -2.38. The molecule has 0 amide bonds. The molecule has 0 bridgehead atoms. The zero-order chi connectivity index (χ0) is 48.7. The number of rotatable bonds is 9. The number of sulfonamides is 2. The topological polar surface area (TPSA) is 274 Å². The van der Waals surface area contributed by atoms with E-state index in [-0.39, 0.29) is 55.8 Å². The van der Waals surface area contributed by atoms with Gasteiger partial charge in [0.15, 0.2) is 17.2 Å². The average Bonchev–Trinajstić information content (AvgIpc) is 3.30. The van der Waals surface area contributed by atoms with E-state index >= 15 is 0 Å². The maximum absolute atomic E-state index is 13.0. The highest BCUT2D eigenvalue weighted by atomic mass is 79.9. The molecule has 2 aromatic carbocycles. The molecule has 356 valence electrons. The number of nitrogens with one attached hydrogen (secondary N) is 1. The van der Waals surface area contributed by atoms with E-state index < -0.39 is 63.7 Å². The largest absolute Gasteiger partial charge is 0.464 e. The second-order valence-electron chi connectivity index (χ2n) is 14.7. The zero-order valence-electron chi connectivity index (χ0n) is 36.2. The molecular formula is C42H43BrN6O14S4. The molecular weight excluding hydrogens is 1020 g/mol. The Kier molecular flexibility index (Phi) is 15.8. The van der Waals surface area contributed by atoms with Gasteiger partial charge in [0.05, 0.1) is 25.7 Å². The summed E-state index contributed by atoms with van der Waals surface area (Å²) < 4.78 is 122. The van der Waals surface area contributed by atoms with Crippen molar-refractivity contribution >= 4 is 95.8 Å². The van der Waals surface area contributed by atoms with Gasteiger partial charge in [-0.3, -0.25) is 14.3 Å². The Morgan fingerprint density at radius 3 is 1.58 bits per heavy atom. The van der Waals surface area contributed by atoms with Crippen molar-refractivity contribution in [1.29, 1.82) is 0 Å². The Balaban J connectivity index is 0.000000193. The number of pyridine rings is 4. The Morgan fingerprint density at radius 2 is 1.13 bits per heavy atom. The minimum absolute atomic E-state index is 0.0284. The summed E-state index contributed by atoms with van der Waals surface area (Å²) >= 11 is 3.25. The summed E-state index contributed by atoms with van der Waals surface area (Å²) in [6.07, 6.45) is 5.75. The lowest BCUT2D eigenvalue weighted by molar-refractivity contribution is 0.0583. The highest BCUT2D eigenvalue weighted by Gasteiger charge is 2.34. The van der Waals surface area contributed by atoms with E-state index in [0.717, 1.165) is 35.4 Å². The standard InChI is InChI=1S/C21H21N3O7S2.C17H13BrN2O5S.C4H9NO2S/c1-14-7-9-15(10-8-14)33(28,29)31-19-17-16(6-5-11-22-17)20(23-18(19)21(25)30-2)24-12-3-4-13-32(24,26)27;1-10-5-7-11(8-6-10)26(22,23)25-15-13-12(4-3-9-19-13)16(18)20-14(15)17(21)24-2;6-8(7)4-2-1-3-5-8/h5-11H,3-4,12-13H2,1-2H3;3-9H,1-2H3;5H,1-4H2. The minimum Gasteiger partial charge on any atom is -0.464 e. The fraction of sp³-hybridized carbons (Fsp3) is 0.286. The Bertz CT molecular complexity index is 3280. The van der Waals surface area contributed by atoms with E-state index in [9.17, 15) is 43.3 Å². The lowest BCUT2D eigenvalue weighted by Gasteiger charge is -2.28. The number of carbonyl (C=O) groups excluding carboxylic acids is 2. The van der Waals surface area contributed by atoms with Gasteiger partial charge in [0.1, 0.15) is 25.4 Å². The van der Waals surface area contributed by atoms with Crippen LogP contribution < -0.4 is 17.4 Å². The summed E-state index contributed by atoms with van der Waals surface area (Å²) in [6.45, 7) is 4.44. The van der Waals surface area contributed by atoms with Crippen LogP contribution in [0.2, 0.25) is 0 Å². The van der Waals surface area contributed by atoms with Crippen LogP contribution in [0.5, 0.6) is 11.5 Å². The molecule has 2 fully saturated rings. The average molecular weight is 1060 g/mol. The molecule has 0 saturated carbocycles. The molecule has 0 radical (unpaired) electrons. The molecule has 0 aliphatic carbocycles. The summed E-state index contributed by atoms with van der Waals surface area (Å²) in [5, 5.41) is 0.721. The summed E-state index contributed by atoms with van der Waals surface area (Å²) in [6, 6.07) is 18.5. The number of aryl methyl sites for hydroxylation is 2. The van der Waals surface area contributed by atoms with Crippen molar-refractivity contribution in [3.8, 4) is 11.5 Å². The van der Waals surface area contributed by atoms with E-state index in [1.54, 1.807) is 55.5 Å². The molecule has 0 unspecified atom stereocenters. The molecule has 1 N–H and O–H groups in total. The van der Waals surface area contributed by atoms with Gasteiger partial charge in [0.2, 0.25) is 31.5 Å². The second-order valence-corrected chi connectivity index (χ2v) is 22.5. The number of hydrogen-bond acceptors (Lipinski definition) is 18. The van der Waals surface area contributed by atoms with E-state index in [0.29, 0.717) is 35.1 Å². The van der Waals surface area contributed by atoms with E-state index in [1.165, 1.54) is 43.8 Å². The number of aromatic nitrogens is 4. The Hall–Kier alpha value is -5.86. The first-order valence-corrected chi connectivity index (χ1v) is 26.9. The number of carbonyl (C=O) groups is 2. The number of nitrogens with zero attached hydrogens (tertiary/aromatic N) is 5. The maximum atomic E-state index is 13.0. The first-order valence-electron chi connectivity index (χ1n) is 20.1. The van der Waals surface area contributed by atoms with Crippen molar-refractivity contribution in [2.24, 2.45) is 0 Å². The zero-order valence-corrected chi connectivity index (χ0v) is 41.1. The van der Waals surface area contributed by atoms with Gasteiger partial charge in [-0.05, 0) is 104 Å².